The van der Waals surface area contributed by atoms with Gasteiger partial charge in [0.15, 0.2) is 0 Å². The maximum Gasteiger partial charge on any atom is 0.0323 e. The first-order valence-electron chi connectivity index (χ1n) is 7.28. The molecule has 1 nitrogen and oxygen atoms in total. The van der Waals surface area contributed by atoms with E-state index in [1.807, 2.05) is 0 Å². The largest absolute Gasteiger partial charge is 0.310 e. The van der Waals surface area contributed by atoms with Gasteiger partial charge in [0.05, 0.1) is 0 Å². The molecule has 0 bridgehead atoms. The molecule has 1 atom stereocenters. The zero-order valence-electron chi connectivity index (χ0n) is 11.3. The lowest BCUT2D eigenvalue weighted by atomic mass is 9.87. The van der Waals surface area contributed by atoms with Gasteiger partial charge in [-0.3, -0.25) is 0 Å². The number of hydrogen-bond acceptors (Lipinski definition) is 1. The van der Waals surface area contributed by atoms with Gasteiger partial charge in [0.2, 0.25) is 0 Å². The smallest absolute Gasteiger partial charge is 0.0323 e. The van der Waals surface area contributed by atoms with Crippen molar-refractivity contribution >= 4 is 0 Å². The van der Waals surface area contributed by atoms with Crippen molar-refractivity contribution in [2.24, 2.45) is 0 Å². The van der Waals surface area contributed by atoms with Crippen molar-refractivity contribution < 1.29 is 0 Å². The number of benzene rings is 2. The van der Waals surface area contributed by atoms with Gasteiger partial charge in [0.1, 0.15) is 0 Å². The van der Waals surface area contributed by atoms with Crippen molar-refractivity contribution in [1.82, 2.24) is 5.32 Å². The van der Waals surface area contributed by atoms with E-state index in [4.69, 9.17) is 0 Å². The second kappa shape index (κ2) is 6.03. The summed E-state index contributed by atoms with van der Waals surface area (Å²) in [7, 11) is 0. The molecule has 0 spiro atoms. The molecule has 0 fully saturated rings. The van der Waals surface area contributed by atoms with E-state index in [0.717, 1.165) is 13.0 Å². The lowest BCUT2D eigenvalue weighted by Gasteiger charge is -2.26. The first-order valence-corrected chi connectivity index (χ1v) is 7.28. The summed E-state index contributed by atoms with van der Waals surface area (Å²) in [6.07, 6.45) is 4.93. The third-order valence-corrected chi connectivity index (χ3v) is 4.02. The fourth-order valence-corrected chi connectivity index (χ4v) is 3.00. The van der Waals surface area contributed by atoms with Gasteiger partial charge < -0.3 is 5.32 Å². The number of hydrogen-bond donors (Lipinski definition) is 1. The molecule has 2 aromatic rings. The molecule has 2 aromatic carbocycles. The molecular weight excluding hydrogens is 230 g/mol. The predicted molar refractivity (Wildman–Crippen MR) is 80.3 cm³/mol. The van der Waals surface area contributed by atoms with Crippen LogP contribution in [0, 0.1) is 0 Å². The van der Waals surface area contributed by atoms with Crippen molar-refractivity contribution in [3.8, 4) is 0 Å². The maximum absolute atomic E-state index is 3.73. The van der Waals surface area contributed by atoms with Crippen LogP contribution < -0.4 is 5.32 Å². The molecular formula is C18H21N. The van der Waals surface area contributed by atoms with Gasteiger partial charge in [-0.1, -0.05) is 54.6 Å². The molecule has 19 heavy (non-hydrogen) atoms. The second-order valence-corrected chi connectivity index (χ2v) is 5.33. The summed E-state index contributed by atoms with van der Waals surface area (Å²) in [6, 6.07) is 20.2. The Labute approximate surface area is 115 Å². The van der Waals surface area contributed by atoms with E-state index < -0.39 is 0 Å². The second-order valence-electron chi connectivity index (χ2n) is 5.33. The van der Waals surface area contributed by atoms with Crippen LogP contribution in [0.2, 0.25) is 0 Å². The molecule has 0 heterocycles. The molecule has 0 aromatic heterocycles. The molecule has 0 aliphatic heterocycles. The lowest BCUT2D eigenvalue weighted by Crippen LogP contribution is -2.27. The highest BCUT2D eigenvalue weighted by Crippen LogP contribution is 2.29. The van der Waals surface area contributed by atoms with Crippen LogP contribution in [0.4, 0.5) is 0 Å². The van der Waals surface area contributed by atoms with E-state index in [2.05, 4.69) is 59.9 Å². The van der Waals surface area contributed by atoms with Crippen LogP contribution in [0.1, 0.15) is 35.6 Å². The minimum absolute atomic E-state index is 0.550. The highest BCUT2D eigenvalue weighted by Gasteiger charge is 2.18. The number of rotatable bonds is 4. The molecule has 0 saturated heterocycles. The molecule has 0 unspecified atom stereocenters. The van der Waals surface area contributed by atoms with Crippen LogP contribution in [0.25, 0.3) is 0 Å². The fraction of sp³-hybridized carbons (Fsp3) is 0.333. The minimum atomic E-state index is 0.550. The minimum Gasteiger partial charge on any atom is -0.310 e. The Bertz CT molecular complexity index is 518. The molecule has 3 rings (SSSR count). The topological polar surface area (TPSA) is 12.0 Å². The van der Waals surface area contributed by atoms with E-state index >= 15 is 0 Å². The van der Waals surface area contributed by atoms with Crippen molar-refractivity contribution in [1.29, 1.82) is 0 Å². The summed E-state index contributed by atoms with van der Waals surface area (Å²) in [5.41, 5.74) is 4.46. The molecule has 0 radical (unpaired) electrons. The van der Waals surface area contributed by atoms with Gasteiger partial charge in [0, 0.05) is 6.04 Å². The highest BCUT2D eigenvalue weighted by molar-refractivity contribution is 5.32. The SMILES string of the molecule is c1ccc(CCN[C@H]2CCCc3ccccc32)cc1. The monoisotopic (exact) mass is 251 g/mol. The van der Waals surface area contributed by atoms with Crippen LogP contribution in [-0.2, 0) is 12.8 Å². The van der Waals surface area contributed by atoms with Crippen molar-refractivity contribution in [2.45, 2.75) is 31.7 Å². The van der Waals surface area contributed by atoms with Gasteiger partial charge in [-0.2, -0.15) is 0 Å². The van der Waals surface area contributed by atoms with Gasteiger partial charge in [-0.05, 0) is 48.9 Å². The van der Waals surface area contributed by atoms with Gasteiger partial charge in [-0.25, -0.2) is 0 Å². The van der Waals surface area contributed by atoms with Crippen LogP contribution >= 0.6 is 0 Å². The Hall–Kier alpha value is -1.60. The third kappa shape index (κ3) is 3.05. The average molecular weight is 251 g/mol. The molecule has 1 aliphatic carbocycles. The first kappa shape index (κ1) is 12.4. The molecule has 0 saturated carbocycles. The van der Waals surface area contributed by atoms with Gasteiger partial charge >= 0.3 is 0 Å². The number of nitrogens with one attached hydrogen (secondary N) is 1. The van der Waals surface area contributed by atoms with E-state index in [9.17, 15) is 0 Å². The summed E-state index contributed by atoms with van der Waals surface area (Å²) in [6.45, 7) is 1.06. The van der Waals surface area contributed by atoms with Crippen LogP contribution in [0.15, 0.2) is 54.6 Å². The van der Waals surface area contributed by atoms with Crippen LogP contribution in [0.3, 0.4) is 0 Å². The Morgan fingerprint density at radius 2 is 1.74 bits per heavy atom. The zero-order chi connectivity index (χ0) is 12.9. The van der Waals surface area contributed by atoms with Gasteiger partial charge in [0.25, 0.3) is 0 Å². The summed E-state index contributed by atoms with van der Waals surface area (Å²) in [5.74, 6) is 0. The molecule has 0 amide bonds. The molecule has 1 heteroatoms. The van der Waals surface area contributed by atoms with Crippen LogP contribution in [-0.4, -0.2) is 6.54 Å². The van der Waals surface area contributed by atoms with Gasteiger partial charge in [-0.15, -0.1) is 0 Å². The Kier molecular flexibility index (Phi) is 3.95. The first-order chi connectivity index (χ1) is 9.43. The third-order valence-electron chi connectivity index (χ3n) is 4.02. The molecule has 1 N–H and O–H groups in total. The Morgan fingerprint density at radius 3 is 2.63 bits per heavy atom. The van der Waals surface area contributed by atoms with Crippen LogP contribution in [0.5, 0.6) is 0 Å². The lowest BCUT2D eigenvalue weighted by molar-refractivity contribution is 0.463. The molecule has 1 aliphatic rings. The number of fused-ring (bicyclic) bond motifs is 1. The van der Waals surface area contributed by atoms with E-state index in [1.165, 1.54) is 36.0 Å². The van der Waals surface area contributed by atoms with Crippen molar-refractivity contribution in [3.05, 3.63) is 71.3 Å². The van der Waals surface area contributed by atoms with E-state index in [-0.39, 0.29) is 0 Å². The summed E-state index contributed by atoms with van der Waals surface area (Å²) >= 11 is 0. The van der Waals surface area contributed by atoms with Crippen molar-refractivity contribution in [3.63, 3.8) is 0 Å². The maximum atomic E-state index is 3.73. The quantitative estimate of drug-likeness (QED) is 0.869. The average Bonchev–Trinajstić information content (AvgIpc) is 2.49. The summed E-state index contributed by atoms with van der Waals surface area (Å²) < 4.78 is 0. The summed E-state index contributed by atoms with van der Waals surface area (Å²) in [4.78, 5) is 0. The molecule has 98 valence electrons. The Balaban J connectivity index is 1.59. The zero-order valence-corrected chi connectivity index (χ0v) is 11.3. The van der Waals surface area contributed by atoms with E-state index in [0.29, 0.717) is 6.04 Å². The number of aryl methyl sites for hydroxylation is 1. The fourth-order valence-electron chi connectivity index (χ4n) is 3.00. The normalized spacial score (nSPS) is 18.0. The summed E-state index contributed by atoms with van der Waals surface area (Å²) in [5, 5.41) is 3.73. The predicted octanol–water partition coefficient (Wildman–Crippen LogP) is 3.90. The standard InChI is InChI=1S/C18H21N/c1-2-7-15(8-3-1)13-14-19-18-12-6-10-16-9-4-5-11-17(16)18/h1-5,7-9,11,18-19H,6,10,12-14H2/t18-/m0/s1. The highest BCUT2D eigenvalue weighted by atomic mass is 14.9. The Morgan fingerprint density at radius 1 is 0.947 bits per heavy atom. The van der Waals surface area contributed by atoms with Crippen molar-refractivity contribution in [2.75, 3.05) is 6.54 Å². The van der Waals surface area contributed by atoms with E-state index in [1.54, 1.807) is 0 Å².